The summed E-state index contributed by atoms with van der Waals surface area (Å²) in [6.45, 7) is 11.1. The van der Waals surface area contributed by atoms with Crippen LogP contribution >= 0.6 is 11.3 Å². The molecule has 0 aliphatic rings. The molecule has 0 unspecified atom stereocenters. The van der Waals surface area contributed by atoms with E-state index in [-0.39, 0.29) is 12.3 Å². The second kappa shape index (κ2) is 6.35. The summed E-state index contributed by atoms with van der Waals surface area (Å²) in [6.07, 6.45) is -0.586. The molecule has 0 atom stereocenters. The molecule has 1 N–H and O–H groups in total. The molecule has 1 amide bonds. The number of nitrogens with zero attached hydrogens (tertiary/aromatic N) is 1. The van der Waals surface area contributed by atoms with Gasteiger partial charge in [-0.15, -0.1) is 11.3 Å². The SMILES string of the molecule is Cc1nc(C(C)C)sc1C(=O)CNC(=O)OC(C)(C)C. The third kappa shape index (κ3) is 4.92. The van der Waals surface area contributed by atoms with E-state index in [1.807, 2.05) is 20.8 Å². The van der Waals surface area contributed by atoms with Crippen LogP contribution in [0.25, 0.3) is 0 Å². The van der Waals surface area contributed by atoms with E-state index in [4.69, 9.17) is 4.74 Å². The van der Waals surface area contributed by atoms with E-state index >= 15 is 0 Å². The van der Waals surface area contributed by atoms with Crippen LogP contribution in [0, 0.1) is 6.92 Å². The summed E-state index contributed by atoms with van der Waals surface area (Å²) in [5.74, 6) is 0.150. The minimum atomic E-state index is -0.586. The van der Waals surface area contributed by atoms with Crippen molar-refractivity contribution in [2.45, 2.75) is 53.1 Å². The number of carbonyl (C=O) groups excluding carboxylic acids is 2. The zero-order valence-electron chi connectivity index (χ0n) is 12.9. The summed E-state index contributed by atoms with van der Waals surface area (Å²) < 4.78 is 5.08. The van der Waals surface area contributed by atoms with Crippen molar-refractivity contribution in [1.29, 1.82) is 0 Å². The number of aryl methyl sites for hydroxylation is 1. The number of ketones is 1. The number of ether oxygens (including phenoxy) is 1. The molecule has 1 aromatic heterocycles. The minimum Gasteiger partial charge on any atom is -0.444 e. The van der Waals surface area contributed by atoms with Crippen molar-refractivity contribution in [2.75, 3.05) is 6.54 Å². The minimum absolute atomic E-state index is 0.0739. The van der Waals surface area contributed by atoms with Crippen molar-refractivity contribution in [1.82, 2.24) is 10.3 Å². The van der Waals surface area contributed by atoms with Gasteiger partial charge in [0.2, 0.25) is 0 Å². The van der Waals surface area contributed by atoms with Crippen LogP contribution in [-0.4, -0.2) is 29.0 Å². The van der Waals surface area contributed by atoms with Gasteiger partial charge in [-0.05, 0) is 27.7 Å². The highest BCUT2D eigenvalue weighted by molar-refractivity contribution is 7.14. The molecule has 0 fully saturated rings. The Morgan fingerprint density at radius 1 is 1.35 bits per heavy atom. The van der Waals surface area contributed by atoms with Gasteiger partial charge in [0.15, 0.2) is 5.78 Å². The molecule has 0 aliphatic heterocycles. The Labute approximate surface area is 123 Å². The van der Waals surface area contributed by atoms with Gasteiger partial charge in [0.1, 0.15) is 5.60 Å². The van der Waals surface area contributed by atoms with Crippen LogP contribution in [0.3, 0.4) is 0 Å². The molecular formula is C14H22N2O3S. The molecular weight excluding hydrogens is 276 g/mol. The van der Waals surface area contributed by atoms with Crippen molar-refractivity contribution in [3.63, 3.8) is 0 Å². The lowest BCUT2D eigenvalue weighted by molar-refractivity contribution is 0.0520. The molecule has 0 aromatic carbocycles. The van der Waals surface area contributed by atoms with Gasteiger partial charge in [0.05, 0.1) is 22.1 Å². The maximum atomic E-state index is 12.1. The normalized spacial score (nSPS) is 11.6. The summed E-state index contributed by atoms with van der Waals surface area (Å²) in [6, 6.07) is 0. The number of rotatable bonds is 4. The third-order valence-electron chi connectivity index (χ3n) is 2.35. The van der Waals surface area contributed by atoms with E-state index in [1.165, 1.54) is 11.3 Å². The maximum absolute atomic E-state index is 12.1. The zero-order valence-corrected chi connectivity index (χ0v) is 13.7. The molecule has 0 radical (unpaired) electrons. The van der Waals surface area contributed by atoms with E-state index in [2.05, 4.69) is 10.3 Å². The lowest BCUT2D eigenvalue weighted by Crippen LogP contribution is -2.35. The van der Waals surface area contributed by atoms with E-state index < -0.39 is 11.7 Å². The lowest BCUT2D eigenvalue weighted by atomic mass is 10.2. The fraction of sp³-hybridized carbons (Fsp3) is 0.643. The number of hydrogen-bond donors (Lipinski definition) is 1. The number of amides is 1. The fourth-order valence-corrected chi connectivity index (χ4v) is 2.48. The highest BCUT2D eigenvalue weighted by Gasteiger charge is 2.20. The smallest absolute Gasteiger partial charge is 0.408 e. The summed E-state index contributed by atoms with van der Waals surface area (Å²) in [5.41, 5.74) is 0.146. The average molecular weight is 298 g/mol. The summed E-state index contributed by atoms with van der Waals surface area (Å²) >= 11 is 1.39. The van der Waals surface area contributed by atoms with Crippen LogP contribution in [0.2, 0.25) is 0 Å². The number of Topliss-reactive ketones (excluding diaryl/α,β-unsaturated/α-hetero) is 1. The number of carbonyl (C=O) groups is 2. The second-order valence-electron chi connectivity index (χ2n) is 5.90. The van der Waals surface area contributed by atoms with Crippen LogP contribution in [0.15, 0.2) is 0 Å². The van der Waals surface area contributed by atoms with E-state index in [0.29, 0.717) is 10.8 Å². The van der Waals surface area contributed by atoms with Crippen molar-refractivity contribution in [2.24, 2.45) is 0 Å². The molecule has 1 heterocycles. The molecule has 1 rings (SSSR count). The third-order valence-corrected chi connectivity index (χ3v) is 3.85. The van der Waals surface area contributed by atoms with Gasteiger partial charge in [-0.1, -0.05) is 13.8 Å². The Kier molecular flexibility index (Phi) is 5.28. The lowest BCUT2D eigenvalue weighted by Gasteiger charge is -2.19. The van der Waals surface area contributed by atoms with Crippen LogP contribution in [-0.2, 0) is 4.74 Å². The Hall–Kier alpha value is -1.43. The number of hydrogen-bond acceptors (Lipinski definition) is 5. The number of alkyl carbamates (subject to hydrolysis) is 1. The quantitative estimate of drug-likeness (QED) is 0.866. The predicted molar refractivity (Wildman–Crippen MR) is 79.5 cm³/mol. The molecule has 20 heavy (non-hydrogen) atoms. The van der Waals surface area contributed by atoms with E-state index in [9.17, 15) is 9.59 Å². The first-order valence-electron chi connectivity index (χ1n) is 6.57. The van der Waals surface area contributed by atoms with Crippen molar-refractivity contribution in [3.8, 4) is 0 Å². The van der Waals surface area contributed by atoms with Crippen LogP contribution < -0.4 is 5.32 Å². The van der Waals surface area contributed by atoms with Gasteiger partial charge in [-0.3, -0.25) is 4.79 Å². The van der Waals surface area contributed by atoms with Gasteiger partial charge >= 0.3 is 6.09 Å². The van der Waals surface area contributed by atoms with Gasteiger partial charge in [0.25, 0.3) is 0 Å². The monoisotopic (exact) mass is 298 g/mol. The highest BCUT2D eigenvalue weighted by Crippen LogP contribution is 2.24. The van der Waals surface area contributed by atoms with Crippen molar-refractivity contribution < 1.29 is 14.3 Å². The maximum Gasteiger partial charge on any atom is 0.408 e. The Morgan fingerprint density at radius 2 is 1.95 bits per heavy atom. The average Bonchev–Trinajstić information content (AvgIpc) is 2.66. The molecule has 5 nitrogen and oxygen atoms in total. The molecule has 112 valence electrons. The van der Waals surface area contributed by atoms with Crippen molar-refractivity contribution >= 4 is 23.2 Å². The Morgan fingerprint density at radius 3 is 2.40 bits per heavy atom. The molecule has 6 heteroatoms. The predicted octanol–water partition coefficient (Wildman–Crippen LogP) is 3.28. The highest BCUT2D eigenvalue weighted by atomic mass is 32.1. The van der Waals surface area contributed by atoms with Crippen LogP contribution in [0.4, 0.5) is 4.79 Å². The van der Waals surface area contributed by atoms with Gasteiger partial charge < -0.3 is 10.1 Å². The standard InChI is InChI=1S/C14H22N2O3S/c1-8(2)12-16-9(3)11(20-12)10(17)7-15-13(18)19-14(4,5)6/h8H,7H2,1-6H3,(H,15,18). The van der Waals surface area contributed by atoms with Gasteiger partial charge in [-0.2, -0.15) is 0 Å². The summed E-state index contributed by atoms with van der Waals surface area (Å²) in [5, 5.41) is 3.40. The second-order valence-corrected chi connectivity index (χ2v) is 6.93. The first-order valence-corrected chi connectivity index (χ1v) is 7.39. The molecule has 1 aromatic rings. The van der Waals surface area contributed by atoms with E-state index in [0.717, 1.165) is 10.7 Å². The van der Waals surface area contributed by atoms with Gasteiger partial charge in [-0.25, -0.2) is 9.78 Å². The molecule has 0 aliphatic carbocycles. The topological polar surface area (TPSA) is 68.3 Å². The van der Waals surface area contributed by atoms with E-state index in [1.54, 1.807) is 20.8 Å². The first kappa shape index (κ1) is 16.6. The summed E-state index contributed by atoms with van der Waals surface area (Å²) in [4.78, 5) is 28.5. The Balaban J connectivity index is 2.62. The number of nitrogens with one attached hydrogen (secondary N) is 1. The molecule has 0 saturated carbocycles. The van der Waals surface area contributed by atoms with Crippen LogP contribution in [0.1, 0.15) is 60.9 Å². The fourth-order valence-electron chi connectivity index (χ4n) is 1.47. The Bertz CT molecular complexity index is 501. The van der Waals surface area contributed by atoms with Crippen LogP contribution in [0.5, 0.6) is 0 Å². The van der Waals surface area contributed by atoms with Gasteiger partial charge in [0, 0.05) is 5.92 Å². The first-order chi connectivity index (χ1) is 9.10. The number of aromatic nitrogens is 1. The molecule has 0 saturated heterocycles. The largest absolute Gasteiger partial charge is 0.444 e. The zero-order chi connectivity index (χ0) is 15.5. The molecule has 0 spiro atoms. The number of thiazole rings is 1. The summed E-state index contributed by atoms with van der Waals surface area (Å²) in [7, 11) is 0. The molecule has 0 bridgehead atoms. The van der Waals surface area contributed by atoms with Crippen molar-refractivity contribution in [3.05, 3.63) is 15.6 Å².